The average Bonchev–Trinajstić information content (AvgIpc) is 3.30. The van der Waals surface area contributed by atoms with Crippen LogP contribution in [0.2, 0.25) is 0 Å². The van der Waals surface area contributed by atoms with Crippen LogP contribution in [-0.4, -0.2) is 35.1 Å². The highest BCUT2D eigenvalue weighted by Crippen LogP contribution is 2.43. The van der Waals surface area contributed by atoms with Crippen LogP contribution in [0, 0.1) is 17.2 Å². The van der Waals surface area contributed by atoms with E-state index in [1.54, 1.807) is 0 Å². The third kappa shape index (κ3) is 2.66. The molecule has 0 amide bonds. The van der Waals surface area contributed by atoms with Gasteiger partial charge in [0, 0.05) is 24.7 Å². The summed E-state index contributed by atoms with van der Waals surface area (Å²) in [5, 5.41) is 13.5. The van der Waals surface area contributed by atoms with Gasteiger partial charge in [-0.25, -0.2) is 0 Å². The van der Waals surface area contributed by atoms with Crippen molar-refractivity contribution in [3.05, 3.63) is 0 Å². The van der Waals surface area contributed by atoms with Gasteiger partial charge in [0.2, 0.25) is 0 Å². The van der Waals surface area contributed by atoms with Crippen LogP contribution in [0.25, 0.3) is 0 Å². The van der Waals surface area contributed by atoms with Crippen LogP contribution in [0.3, 0.4) is 0 Å². The van der Waals surface area contributed by atoms with Gasteiger partial charge < -0.3 is 0 Å². The number of nitriles is 1. The number of nitrogens with one attached hydrogen (secondary N) is 1. The van der Waals surface area contributed by atoms with Crippen molar-refractivity contribution in [2.45, 2.75) is 82.5 Å². The Morgan fingerprint density at radius 3 is 2.47 bits per heavy atom. The lowest BCUT2D eigenvalue weighted by Crippen LogP contribution is -2.57. The molecule has 0 aromatic heterocycles. The van der Waals surface area contributed by atoms with Crippen LogP contribution in [0.4, 0.5) is 0 Å². The first-order valence-corrected chi connectivity index (χ1v) is 8.13. The fraction of sp³-hybridized carbons (Fsp3) is 0.938. The van der Waals surface area contributed by atoms with Crippen LogP contribution in [0.15, 0.2) is 0 Å². The summed E-state index contributed by atoms with van der Waals surface area (Å²) >= 11 is 0. The summed E-state index contributed by atoms with van der Waals surface area (Å²) in [4.78, 5) is 2.62. The molecule has 0 radical (unpaired) electrons. The highest BCUT2D eigenvalue weighted by molar-refractivity contribution is 5.19. The first-order chi connectivity index (χ1) is 9.18. The minimum absolute atomic E-state index is 0.257. The molecule has 2 saturated carbocycles. The van der Waals surface area contributed by atoms with E-state index < -0.39 is 0 Å². The molecule has 3 atom stereocenters. The predicted octanol–water partition coefficient (Wildman–Crippen LogP) is 2.67. The number of nitrogens with zero attached hydrogens (tertiary/aromatic N) is 2. The molecule has 0 aromatic rings. The number of rotatable bonds is 6. The molecular formula is C16H27N3. The first kappa shape index (κ1) is 13.4. The largest absolute Gasteiger partial charge is 0.295 e. The lowest BCUT2D eigenvalue weighted by Gasteiger charge is -2.37. The zero-order valence-corrected chi connectivity index (χ0v) is 12.4. The molecule has 3 fully saturated rings. The Morgan fingerprint density at radius 1 is 1.21 bits per heavy atom. The molecule has 3 nitrogen and oxygen atoms in total. The zero-order chi connectivity index (χ0) is 13.5. The van der Waals surface area contributed by atoms with Gasteiger partial charge in [-0.05, 0) is 57.8 Å². The van der Waals surface area contributed by atoms with Crippen molar-refractivity contribution in [1.29, 1.82) is 5.26 Å². The molecule has 2 aliphatic carbocycles. The lowest BCUT2D eigenvalue weighted by atomic mass is 9.93. The van der Waals surface area contributed by atoms with Gasteiger partial charge in [-0.15, -0.1) is 0 Å². The number of hydrogen-bond acceptors (Lipinski definition) is 3. The van der Waals surface area contributed by atoms with Crippen LogP contribution in [0.5, 0.6) is 0 Å². The lowest BCUT2D eigenvalue weighted by molar-refractivity contribution is 0.143. The predicted molar refractivity (Wildman–Crippen MR) is 76.7 cm³/mol. The number of hydrogen-bond donors (Lipinski definition) is 1. The van der Waals surface area contributed by atoms with Gasteiger partial charge in [-0.3, -0.25) is 10.2 Å². The molecule has 1 heterocycles. The molecule has 0 bridgehead atoms. The van der Waals surface area contributed by atoms with E-state index in [1.807, 2.05) is 0 Å². The van der Waals surface area contributed by atoms with Crippen molar-refractivity contribution in [3.8, 4) is 6.07 Å². The molecule has 1 aliphatic heterocycles. The van der Waals surface area contributed by atoms with Gasteiger partial charge in [0.15, 0.2) is 0 Å². The molecule has 3 unspecified atom stereocenters. The SMILES string of the molecule is CCC1CCC(C)N1CC(C#N)(NC1CC1)C1CC1. The molecule has 3 aliphatic rings. The fourth-order valence-electron chi connectivity index (χ4n) is 3.76. The molecule has 106 valence electrons. The van der Waals surface area contributed by atoms with E-state index in [2.05, 4.69) is 30.1 Å². The molecule has 3 rings (SSSR count). The second-order valence-electron chi connectivity index (χ2n) is 6.94. The first-order valence-electron chi connectivity index (χ1n) is 8.13. The summed E-state index contributed by atoms with van der Waals surface area (Å²) in [6.45, 7) is 5.57. The average molecular weight is 261 g/mol. The molecule has 19 heavy (non-hydrogen) atoms. The van der Waals surface area contributed by atoms with Crippen LogP contribution >= 0.6 is 0 Å². The zero-order valence-electron chi connectivity index (χ0n) is 12.4. The van der Waals surface area contributed by atoms with E-state index in [1.165, 1.54) is 44.9 Å². The summed E-state index contributed by atoms with van der Waals surface area (Å²) in [6.07, 6.45) is 8.85. The monoisotopic (exact) mass is 261 g/mol. The maximum Gasteiger partial charge on any atom is 0.122 e. The molecule has 1 saturated heterocycles. The summed E-state index contributed by atoms with van der Waals surface area (Å²) < 4.78 is 0. The van der Waals surface area contributed by atoms with Crippen LogP contribution in [0.1, 0.15) is 58.8 Å². The maximum atomic E-state index is 9.83. The Balaban J connectivity index is 1.74. The topological polar surface area (TPSA) is 39.1 Å². The molecule has 0 aromatic carbocycles. The van der Waals surface area contributed by atoms with E-state index in [9.17, 15) is 5.26 Å². The van der Waals surface area contributed by atoms with Gasteiger partial charge in [0.05, 0.1) is 6.07 Å². The van der Waals surface area contributed by atoms with Crippen molar-refractivity contribution in [2.24, 2.45) is 5.92 Å². The third-order valence-corrected chi connectivity index (χ3v) is 5.37. The van der Waals surface area contributed by atoms with Gasteiger partial charge in [-0.1, -0.05) is 6.92 Å². The van der Waals surface area contributed by atoms with Crippen molar-refractivity contribution in [1.82, 2.24) is 10.2 Å². The summed E-state index contributed by atoms with van der Waals surface area (Å²) in [5.74, 6) is 0.600. The summed E-state index contributed by atoms with van der Waals surface area (Å²) in [6, 6.07) is 4.66. The van der Waals surface area contributed by atoms with E-state index in [0.29, 0.717) is 24.0 Å². The second-order valence-corrected chi connectivity index (χ2v) is 6.94. The van der Waals surface area contributed by atoms with Crippen molar-refractivity contribution in [3.63, 3.8) is 0 Å². The van der Waals surface area contributed by atoms with Crippen LogP contribution < -0.4 is 5.32 Å². The highest BCUT2D eigenvalue weighted by Gasteiger charge is 2.50. The standard InChI is InChI=1S/C16H27N3/c1-3-15-9-4-12(2)19(15)11-16(10-17,13-5-6-13)18-14-7-8-14/h12-15,18H,3-9,11H2,1-2H3. The van der Waals surface area contributed by atoms with Gasteiger partial charge in [-0.2, -0.15) is 5.26 Å². The van der Waals surface area contributed by atoms with E-state index in [0.717, 1.165) is 6.54 Å². The Morgan fingerprint density at radius 2 is 1.95 bits per heavy atom. The van der Waals surface area contributed by atoms with Crippen LogP contribution in [-0.2, 0) is 0 Å². The van der Waals surface area contributed by atoms with Gasteiger partial charge in [0.1, 0.15) is 5.54 Å². The minimum Gasteiger partial charge on any atom is -0.295 e. The van der Waals surface area contributed by atoms with Gasteiger partial charge in [0.25, 0.3) is 0 Å². The second kappa shape index (κ2) is 5.07. The third-order valence-electron chi connectivity index (χ3n) is 5.37. The quantitative estimate of drug-likeness (QED) is 0.799. The normalized spacial score (nSPS) is 35.0. The van der Waals surface area contributed by atoms with Gasteiger partial charge >= 0.3 is 0 Å². The molecular weight excluding hydrogens is 234 g/mol. The summed E-state index contributed by atoms with van der Waals surface area (Å²) in [5.41, 5.74) is -0.257. The van der Waals surface area contributed by atoms with Crippen molar-refractivity contribution < 1.29 is 0 Å². The Kier molecular flexibility index (Phi) is 3.57. The Labute approximate surface area is 117 Å². The van der Waals surface area contributed by atoms with E-state index in [4.69, 9.17) is 0 Å². The smallest absolute Gasteiger partial charge is 0.122 e. The van der Waals surface area contributed by atoms with Crippen molar-refractivity contribution >= 4 is 0 Å². The molecule has 3 heteroatoms. The summed E-state index contributed by atoms with van der Waals surface area (Å²) in [7, 11) is 0. The fourth-order valence-corrected chi connectivity index (χ4v) is 3.76. The number of likely N-dealkylation sites (tertiary alicyclic amines) is 1. The minimum atomic E-state index is -0.257. The highest BCUT2D eigenvalue weighted by atomic mass is 15.2. The molecule has 0 spiro atoms. The van der Waals surface area contributed by atoms with E-state index >= 15 is 0 Å². The Bertz CT molecular complexity index is 367. The Hall–Kier alpha value is -0.590. The molecule has 1 N–H and O–H groups in total. The maximum absolute atomic E-state index is 9.83. The van der Waals surface area contributed by atoms with Crippen molar-refractivity contribution in [2.75, 3.05) is 6.54 Å². The van der Waals surface area contributed by atoms with E-state index in [-0.39, 0.29) is 5.54 Å².